The standard InChI is InChI=1S/C18H17Cl2FN6O3/c19-13-1-2-14(21)17(20)12(13)3-6-30-15-7-16(24-25-18(15)22)27(10-29)11-8-23-26(9-11)4-5-28/h1-2,7-10,28H,3-6H2,(H2,22,25). The summed E-state index contributed by atoms with van der Waals surface area (Å²) in [6.45, 7) is 0.259. The van der Waals surface area contributed by atoms with Gasteiger partial charge in [0.2, 0.25) is 6.41 Å². The van der Waals surface area contributed by atoms with Gasteiger partial charge in [-0.15, -0.1) is 10.2 Å². The number of carbonyl (C=O) groups excluding carboxylic acids is 1. The minimum Gasteiger partial charge on any atom is -0.489 e. The maximum Gasteiger partial charge on any atom is 0.220 e. The molecule has 0 saturated carbocycles. The van der Waals surface area contributed by atoms with Gasteiger partial charge in [0, 0.05) is 23.7 Å². The summed E-state index contributed by atoms with van der Waals surface area (Å²) < 4.78 is 20.8. The van der Waals surface area contributed by atoms with Crippen molar-refractivity contribution < 1.29 is 19.0 Å². The summed E-state index contributed by atoms with van der Waals surface area (Å²) >= 11 is 12.0. The van der Waals surface area contributed by atoms with Crippen LogP contribution < -0.4 is 15.4 Å². The predicted octanol–water partition coefficient (Wildman–Crippen LogP) is 2.61. The number of benzene rings is 1. The molecule has 0 spiro atoms. The van der Waals surface area contributed by atoms with E-state index >= 15 is 0 Å². The van der Waals surface area contributed by atoms with Gasteiger partial charge >= 0.3 is 0 Å². The van der Waals surface area contributed by atoms with Crippen LogP contribution in [0.1, 0.15) is 5.56 Å². The van der Waals surface area contributed by atoms with Crippen LogP contribution in [0.15, 0.2) is 30.6 Å². The molecule has 0 aliphatic heterocycles. The summed E-state index contributed by atoms with van der Waals surface area (Å²) in [6.07, 6.45) is 3.77. The number of aromatic nitrogens is 4. The Labute approximate surface area is 180 Å². The number of rotatable bonds is 9. The van der Waals surface area contributed by atoms with Gasteiger partial charge in [-0.1, -0.05) is 23.2 Å². The zero-order valence-corrected chi connectivity index (χ0v) is 17.0. The number of nitrogens with two attached hydrogens (primary N) is 1. The first-order chi connectivity index (χ1) is 14.4. The van der Waals surface area contributed by atoms with Crippen molar-refractivity contribution in [2.75, 3.05) is 23.8 Å². The van der Waals surface area contributed by atoms with Gasteiger partial charge in [0.15, 0.2) is 17.4 Å². The molecule has 1 aromatic carbocycles. The van der Waals surface area contributed by atoms with E-state index in [1.807, 2.05) is 0 Å². The number of aliphatic hydroxyl groups excluding tert-OH is 1. The van der Waals surface area contributed by atoms with E-state index in [1.54, 1.807) is 6.20 Å². The number of nitrogens with zero attached hydrogens (tertiary/aromatic N) is 5. The van der Waals surface area contributed by atoms with Crippen LogP contribution >= 0.6 is 23.2 Å². The molecule has 3 aromatic rings. The normalized spacial score (nSPS) is 10.8. The summed E-state index contributed by atoms with van der Waals surface area (Å²) in [5, 5.41) is 21.0. The first-order valence-corrected chi connectivity index (χ1v) is 9.46. The number of carbonyl (C=O) groups is 1. The van der Waals surface area contributed by atoms with E-state index in [4.69, 9.17) is 38.8 Å². The second-order valence-electron chi connectivity index (χ2n) is 6.03. The summed E-state index contributed by atoms with van der Waals surface area (Å²) in [6, 6.07) is 4.04. The Kier molecular flexibility index (Phi) is 7.03. The van der Waals surface area contributed by atoms with Gasteiger partial charge in [-0.25, -0.2) is 4.39 Å². The summed E-state index contributed by atoms with van der Waals surface area (Å²) in [7, 11) is 0. The maximum absolute atomic E-state index is 13.6. The Balaban J connectivity index is 1.76. The highest BCUT2D eigenvalue weighted by molar-refractivity contribution is 6.36. The van der Waals surface area contributed by atoms with E-state index in [1.165, 1.54) is 34.0 Å². The minimum absolute atomic E-state index is 0.0111. The molecule has 0 aliphatic rings. The molecule has 158 valence electrons. The average molecular weight is 455 g/mol. The molecule has 0 radical (unpaired) electrons. The Bertz CT molecular complexity index is 1050. The van der Waals surface area contributed by atoms with Crippen molar-refractivity contribution in [3.8, 4) is 5.75 Å². The second kappa shape index (κ2) is 9.70. The predicted molar refractivity (Wildman–Crippen MR) is 110 cm³/mol. The molecule has 1 amide bonds. The topological polar surface area (TPSA) is 119 Å². The number of halogens is 3. The largest absolute Gasteiger partial charge is 0.489 e. The van der Waals surface area contributed by atoms with Crippen LogP contribution in [-0.4, -0.2) is 44.7 Å². The average Bonchev–Trinajstić information content (AvgIpc) is 3.18. The van der Waals surface area contributed by atoms with Gasteiger partial charge in [0.05, 0.1) is 36.7 Å². The highest BCUT2D eigenvalue weighted by atomic mass is 35.5. The third kappa shape index (κ3) is 4.78. The number of hydrogen-bond donors (Lipinski definition) is 2. The van der Waals surface area contributed by atoms with Gasteiger partial charge in [-0.3, -0.25) is 14.4 Å². The van der Waals surface area contributed by atoms with E-state index in [-0.39, 0.29) is 48.6 Å². The second-order valence-corrected chi connectivity index (χ2v) is 6.82. The lowest BCUT2D eigenvalue weighted by Crippen LogP contribution is -2.17. The first-order valence-electron chi connectivity index (χ1n) is 8.70. The molecule has 0 saturated heterocycles. The lowest BCUT2D eigenvalue weighted by molar-refractivity contribution is -0.106. The highest BCUT2D eigenvalue weighted by Crippen LogP contribution is 2.30. The first kappa shape index (κ1) is 21.8. The molecule has 30 heavy (non-hydrogen) atoms. The monoisotopic (exact) mass is 454 g/mol. The molecule has 0 atom stereocenters. The van der Waals surface area contributed by atoms with E-state index in [0.29, 0.717) is 22.7 Å². The van der Waals surface area contributed by atoms with Gasteiger partial charge < -0.3 is 15.6 Å². The van der Waals surface area contributed by atoms with E-state index < -0.39 is 5.82 Å². The van der Waals surface area contributed by atoms with Crippen LogP contribution in [0.2, 0.25) is 10.0 Å². The van der Waals surface area contributed by atoms with Gasteiger partial charge in [0.1, 0.15) is 5.82 Å². The lowest BCUT2D eigenvalue weighted by atomic mass is 10.1. The van der Waals surface area contributed by atoms with Crippen molar-refractivity contribution in [3.63, 3.8) is 0 Å². The zero-order chi connectivity index (χ0) is 21.7. The number of nitrogen functional groups attached to an aromatic ring is 1. The Morgan fingerprint density at radius 1 is 1.33 bits per heavy atom. The van der Waals surface area contributed by atoms with Crippen LogP contribution in [-0.2, 0) is 17.8 Å². The molecular formula is C18H17Cl2FN6O3. The molecule has 0 fully saturated rings. The minimum atomic E-state index is -0.577. The SMILES string of the molecule is Nc1nnc(N(C=O)c2cnn(CCO)c2)cc1OCCc1c(Cl)ccc(F)c1Cl. The molecule has 3 rings (SSSR count). The molecule has 2 aromatic heterocycles. The van der Waals surface area contributed by atoms with Crippen LogP contribution in [0.3, 0.4) is 0 Å². The van der Waals surface area contributed by atoms with Gasteiger partial charge in [-0.2, -0.15) is 5.10 Å². The van der Waals surface area contributed by atoms with E-state index in [0.717, 1.165) is 0 Å². The summed E-state index contributed by atoms with van der Waals surface area (Å²) in [5.74, 6) is -0.235. The quantitative estimate of drug-likeness (QED) is 0.376. The van der Waals surface area contributed by atoms with Crippen molar-refractivity contribution in [1.29, 1.82) is 0 Å². The number of ether oxygens (including phenoxy) is 1. The summed E-state index contributed by atoms with van der Waals surface area (Å²) in [5.41, 5.74) is 6.64. The van der Waals surface area contributed by atoms with Crippen molar-refractivity contribution >= 4 is 46.9 Å². The maximum atomic E-state index is 13.6. The van der Waals surface area contributed by atoms with Crippen molar-refractivity contribution in [2.45, 2.75) is 13.0 Å². The van der Waals surface area contributed by atoms with Gasteiger partial charge in [0.25, 0.3) is 0 Å². The fourth-order valence-corrected chi connectivity index (χ4v) is 3.18. The molecule has 3 N–H and O–H groups in total. The highest BCUT2D eigenvalue weighted by Gasteiger charge is 2.16. The fourth-order valence-electron chi connectivity index (χ4n) is 2.62. The van der Waals surface area contributed by atoms with Crippen LogP contribution in [0, 0.1) is 5.82 Å². The number of amides is 1. The van der Waals surface area contributed by atoms with Crippen LogP contribution in [0.4, 0.5) is 21.7 Å². The summed E-state index contributed by atoms with van der Waals surface area (Å²) in [4.78, 5) is 12.8. The Morgan fingerprint density at radius 2 is 2.13 bits per heavy atom. The molecule has 0 unspecified atom stereocenters. The molecule has 12 heteroatoms. The molecular weight excluding hydrogens is 438 g/mol. The van der Waals surface area contributed by atoms with Crippen molar-refractivity contribution in [2.24, 2.45) is 0 Å². The number of hydrogen-bond acceptors (Lipinski definition) is 7. The molecule has 9 nitrogen and oxygen atoms in total. The van der Waals surface area contributed by atoms with Crippen molar-refractivity contribution in [3.05, 3.63) is 52.0 Å². The lowest BCUT2D eigenvalue weighted by Gasteiger charge is -2.15. The third-order valence-electron chi connectivity index (χ3n) is 4.10. The third-order valence-corrected chi connectivity index (χ3v) is 4.86. The molecule has 0 aliphatic carbocycles. The van der Waals surface area contributed by atoms with Gasteiger partial charge in [-0.05, 0) is 17.7 Å². The van der Waals surface area contributed by atoms with Crippen LogP contribution in [0.5, 0.6) is 5.75 Å². The zero-order valence-electron chi connectivity index (χ0n) is 15.5. The van der Waals surface area contributed by atoms with E-state index in [9.17, 15) is 9.18 Å². The van der Waals surface area contributed by atoms with Crippen molar-refractivity contribution in [1.82, 2.24) is 20.0 Å². The number of aliphatic hydroxyl groups is 1. The Morgan fingerprint density at radius 3 is 2.87 bits per heavy atom. The van der Waals surface area contributed by atoms with E-state index in [2.05, 4.69) is 15.3 Å². The molecule has 2 heterocycles. The van der Waals surface area contributed by atoms with Crippen LogP contribution in [0.25, 0.3) is 0 Å². The molecule has 0 bridgehead atoms. The number of anilines is 3. The fraction of sp³-hybridized carbons (Fsp3) is 0.222. The smallest absolute Gasteiger partial charge is 0.220 e. The Hall–Kier alpha value is -2.95.